The van der Waals surface area contributed by atoms with Crippen LogP contribution in [0.25, 0.3) is 0 Å². The van der Waals surface area contributed by atoms with Crippen molar-refractivity contribution in [1.29, 1.82) is 0 Å². The summed E-state index contributed by atoms with van der Waals surface area (Å²) in [5.74, 6) is 0.563. The van der Waals surface area contributed by atoms with Gasteiger partial charge in [-0.1, -0.05) is 0 Å². The summed E-state index contributed by atoms with van der Waals surface area (Å²) in [7, 11) is 0. The summed E-state index contributed by atoms with van der Waals surface area (Å²) in [6.07, 6.45) is 1.55. The molecule has 1 aromatic carbocycles. The number of anilines is 1. The zero-order valence-electron chi connectivity index (χ0n) is 11.7. The van der Waals surface area contributed by atoms with Crippen LogP contribution in [0.5, 0.6) is 5.75 Å². The van der Waals surface area contributed by atoms with Crippen molar-refractivity contribution >= 4 is 12.0 Å². The van der Waals surface area contributed by atoms with E-state index in [1.165, 1.54) is 6.07 Å². The quantitative estimate of drug-likeness (QED) is 0.819. The molecule has 0 atom stereocenters. The summed E-state index contributed by atoms with van der Waals surface area (Å²) >= 11 is 0. The lowest BCUT2D eigenvalue weighted by atomic mass is 10.1. The predicted octanol–water partition coefficient (Wildman–Crippen LogP) is 1.94. The smallest absolute Gasteiger partial charge is 0.273 e. The van der Waals surface area contributed by atoms with Gasteiger partial charge in [0.25, 0.3) is 5.56 Å². The van der Waals surface area contributed by atoms with E-state index in [1.54, 1.807) is 31.3 Å². The largest absolute Gasteiger partial charge is 0.507 e. The molecule has 0 spiro atoms. The number of aromatic nitrogens is 1. The van der Waals surface area contributed by atoms with Gasteiger partial charge < -0.3 is 10.8 Å². The van der Waals surface area contributed by atoms with E-state index < -0.39 is 0 Å². The van der Waals surface area contributed by atoms with Crippen molar-refractivity contribution in [2.24, 2.45) is 5.10 Å². The summed E-state index contributed by atoms with van der Waals surface area (Å²) in [6.45, 7) is 5.43. The number of aromatic hydroxyl groups is 1. The van der Waals surface area contributed by atoms with Crippen LogP contribution in [0.3, 0.4) is 0 Å². The van der Waals surface area contributed by atoms with Crippen molar-refractivity contribution < 1.29 is 5.11 Å². The molecule has 3 N–H and O–H groups in total. The second kappa shape index (κ2) is 5.21. The molecule has 5 heteroatoms. The van der Waals surface area contributed by atoms with E-state index in [2.05, 4.69) is 5.10 Å². The average Bonchev–Trinajstić information content (AvgIpc) is 2.34. The summed E-state index contributed by atoms with van der Waals surface area (Å²) in [5.41, 5.74) is 8.62. The van der Waals surface area contributed by atoms with Crippen LogP contribution >= 0.6 is 0 Å². The molecule has 1 heterocycles. The van der Waals surface area contributed by atoms with Gasteiger partial charge in [-0.2, -0.15) is 9.78 Å². The third-order valence-corrected chi connectivity index (χ3v) is 3.02. The first-order valence-electron chi connectivity index (χ1n) is 6.22. The van der Waals surface area contributed by atoms with Crippen molar-refractivity contribution in [3.05, 3.63) is 56.9 Å². The molecule has 0 aliphatic heterocycles. The second-order valence-electron chi connectivity index (χ2n) is 4.86. The van der Waals surface area contributed by atoms with Crippen molar-refractivity contribution in [2.75, 3.05) is 5.73 Å². The summed E-state index contributed by atoms with van der Waals surface area (Å²) in [6, 6.07) is 6.75. The zero-order valence-corrected chi connectivity index (χ0v) is 11.7. The van der Waals surface area contributed by atoms with E-state index in [-0.39, 0.29) is 11.3 Å². The van der Waals surface area contributed by atoms with Gasteiger partial charge in [0.15, 0.2) is 0 Å². The molecule has 5 nitrogen and oxygen atoms in total. The molecule has 20 heavy (non-hydrogen) atoms. The molecule has 0 fully saturated rings. The van der Waals surface area contributed by atoms with Crippen molar-refractivity contribution in [2.45, 2.75) is 20.8 Å². The van der Waals surface area contributed by atoms with E-state index in [4.69, 9.17) is 5.73 Å². The fraction of sp³-hybridized carbons (Fsp3) is 0.200. The number of benzene rings is 1. The average molecular weight is 271 g/mol. The Kier molecular flexibility index (Phi) is 3.61. The number of pyridine rings is 1. The number of nitrogens with zero attached hydrogens (tertiary/aromatic N) is 2. The van der Waals surface area contributed by atoms with Gasteiger partial charge in [0, 0.05) is 6.07 Å². The van der Waals surface area contributed by atoms with Gasteiger partial charge in [0.05, 0.1) is 6.21 Å². The van der Waals surface area contributed by atoms with Gasteiger partial charge in [-0.3, -0.25) is 4.79 Å². The topological polar surface area (TPSA) is 80.6 Å². The highest BCUT2D eigenvalue weighted by Gasteiger charge is 2.03. The second-order valence-corrected chi connectivity index (χ2v) is 4.86. The molecule has 104 valence electrons. The molecule has 1 aromatic heterocycles. The number of aryl methyl sites for hydroxylation is 3. The molecule has 0 saturated heterocycles. The number of rotatable bonds is 2. The number of phenols is 1. The third-order valence-electron chi connectivity index (χ3n) is 3.02. The number of nitrogen functional groups attached to an aromatic ring is 1. The maximum absolute atomic E-state index is 11.8. The van der Waals surface area contributed by atoms with E-state index in [1.807, 2.05) is 13.8 Å². The minimum absolute atomic E-state index is 0.272. The Morgan fingerprint density at radius 2 is 1.75 bits per heavy atom. The molecule has 0 amide bonds. The lowest BCUT2D eigenvalue weighted by Crippen LogP contribution is -2.19. The highest BCUT2D eigenvalue weighted by molar-refractivity contribution is 5.81. The van der Waals surface area contributed by atoms with Crippen molar-refractivity contribution in [1.82, 2.24) is 4.68 Å². The first-order valence-corrected chi connectivity index (χ1v) is 6.22. The SMILES string of the molecule is Cc1cc(N)n(N=Cc2cc(C)c(O)c(C)c2)c(=O)c1. The maximum atomic E-state index is 11.8. The normalized spacial score (nSPS) is 11.2. The van der Waals surface area contributed by atoms with Gasteiger partial charge in [-0.05, 0) is 61.2 Å². The fourth-order valence-corrected chi connectivity index (χ4v) is 2.03. The van der Waals surface area contributed by atoms with Gasteiger partial charge in [0.2, 0.25) is 0 Å². The molecule has 0 bridgehead atoms. The number of hydrogen-bond donors (Lipinski definition) is 2. The van der Waals surface area contributed by atoms with Gasteiger partial charge in [-0.25, -0.2) is 0 Å². The van der Waals surface area contributed by atoms with E-state index in [9.17, 15) is 9.90 Å². The van der Waals surface area contributed by atoms with Crippen LogP contribution < -0.4 is 11.3 Å². The van der Waals surface area contributed by atoms with Crippen molar-refractivity contribution in [3.63, 3.8) is 0 Å². The van der Waals surface area contributed by atoms with Crippen LogP contribution in [-0.4, -0.2) is 16.0 Å². The minimum Gasteiger partial charge on any atom is -0.507 e. The molecule has 0 radical (unpaired) electrons. The van der Waals surface area contributed by atoms with E-state index >= 15 is 0 Å². The lowest BCUT2D eigenvalue weighted by Gasteiger charge is -2.06. The molecule has 0 unspecified atom stereocenters. The fourth-order valence-electron chi connectivity index (χ4n) is 2.03. The van der Waals surface area contributed by atoms with Crippen LogP contribution in [-0.2, 0) is 0 Å². The number of hydrogen-bond acceptors (Lipinski definition) is 4. The minimum atomic E-state index is -0.272. The van der Waals surface area contributed by atoms with Gasteiger partial charge >= 0.3 is 0 Å². The summed E-state index contributed by atoms with van der Waals surface area (Å²) < 4.78 is 1.14. The molecule has 2 aromatic rings. The number of nitrogens with two attached hydrogens (primary N) is 1. The third kappa shape index (κ3) is 2.71. The monoisotopic (exact) mass is 271 g/mol. The van der Waals surface area contributed by atoms with Gasteiger partial charge in [-0.15, -0.1) is 0 Å². The predicted molar refractivity (Wildman–Crippen MR) is 80.4 cm³/mol. The first-order chi connectivity index (χ1) is 9.38. The molecule has 0 aliphatic rings. The van der Waals surface area contributed by atoms with Crippen LogP contribution in [0, 0.1) is 20.8 Å². The maximum Gasteiger partial charge on any atom is 0.273 e. The Morgan fingerprint density at radius 1 is 1.15 bits per heavy atom. The highest BCUT2D eigenvalue weighted by Crippen LogP contribution is 2.22. The van der Waals surface area contributed by atoms with E-state index in [0.29, 0.717) is 5.82 Å². The molecule has 0 aliphatic carbocycles. The van der Waals surface area contributed by atoms with Crippen LogP contribution in [0.2, 0.25) is 0 Å². The molecule has 2 rings (SSSR count). The Morgan fingerprint density at radius 3 is 2.30 bits per heavy atom. The van der Waals surface area contributed by atoms with Crippen LogP contribution in [0.15, 0.2) is 34.2 Å². The van der Waals surface area contributed by atoms with Crippen LogP contribution in [0.1, 0.15) is 22.3 Å². The molecular formula is C15H17N3O2. The Hall–Kier alpha value is -2.56. The first kappa shape index (κ1) is 13.9. The highest BCUT2D eigenvalue weighted by atomic mass is 16.3. The van der Waals surface area contributed by atoms with Gasteiger partial charge in [0.1, 0.15) is 11.6 Å². The Labute approximate surface area is 117 Å². The summed E-state index contributed by atoms with van der Waals surface area (Å²) in [4.78, 5) is 11.8. The Bertz CT molecular complexity index is 722. The standard InChI is InChI=1S/C15H17N3O2/c1-9-4-13(16)18(14(19)5-9)17-8-12-6-10(2)15(20)11(3)7-12/h4-8,20H,16H2,1-3H3. The van der Waals surface area contributed by atoms with Crippen molar-refractivity contribution in [3.8, 4) is 5.75 Å². The molecular weight excluding hydrogens is 254 g/mol. The zero-order chi connectivity index (χ0) is 14.9. The lowest BCUT2D eigenvalue weighted by molar-refractivity contribution is 0.467. The molecule has 0 saturated carbocycles. The Balaban J connectivity index is 2.42. The summed E-state index contributed by atoms with van der Waals surface area (Å²) in [5, 5.41) is 13.8. The number of phenolic OH excluding ortho intramolecular Hbond substituents is 1. The van der Waals surface area contributed by atoms with E-state index in [0.717, 1.165) is 26.9 Å². The van der Waals surface area contributed by atoms with Crippen LogP contribution in [0.4, 0.5) is 5.82 Å².